The number of aromatic nitrogens is 2. The molecule has 0 radical (unpaired) electrons. The maximum absolute atomic E-state index is 11.5. The van der Waals surface area contributed by atoms with Crippen LogP contribution in [0.3, 0.4) is 0 Å². The van der Waals surface area contributed by atoms with Crippen LogP contribution in [0.25, 0.3) is 0 Å². The summed E-state index contributed by atoms with van der Waals surface area (Å²) >= 11 is 0. The molecular weight excluding hydrogens is 330 g/mol. The molecule has 0 bridgehead atoms. The number of ketones is 1. The molecule has 26 heavy (non-hydrogen) atoms. The molecule has 0 spiro atoms. The first kappa shape index (κ1) is 17.8. The van der Waals surface area contributed by atoms with Gasteiger partial charge in [-0.2, -0.15) is 4.98 Å². The maximum atomic E-state index is 11.5. The fourth-order valence-corrected chi connectivity index (χ4v) is 2.94. The molecule has 0 atom stereocenters. The summed E-state index contributed by atoms with van der Waals surface area (Å²) in [4.78, 5) is 35.9. The van der Waals surface area contributed by atoms with Crippen molar-refractivity contribution in [2.45, 2.75) is 20.8 Å². The minimum Gasteiger partial charge on any atom is -0.353 e. The van der Waals surface area contributed by atoms with Crippen LogP contribution in [0, 0.1) is 6.92 Å². The minimum atomic E-state index is 0.0374. The van der Waals surface area contributed by atoms with Gasteiger partial charge in [-0.3, -0.25) is 9.59 Å². The zero-order valence-electron chi connectivity index (χ0n) is 15.3. The molecule has 0 saturated carbocycles. The van der Waals surface area contributed by atoms with Gasteiger partial charge < -0.3 is 15.1 Å². The fraction of sp³-hybridized carbons (Fsp3) is 0.368. The number of hydrogen-bond acceptors (Lipinski definition) is 6. The van der Waals surface area contributed by atoms with Gasteiger partial charge in [0.15, 0.2) is 5.78 Å². The summed E-state index contributed by atoms with van der Waals surface area (Å²) in [6, 6.07) is 9.19. The molecule has 1 aliphatic rings. The quantitative estimate of drug-likeness (QED) is 0.851. The molecule has 1 saturated heterocycles. The van der Waals surface area contributed by atoms with Crippen LogP contribution in [0.5, 0.6) is 0 Å². The Hall–Kier alpha value is -2.96. The summed E-state index contributed by atoms with van der Waals surface area (Å²) < 4.78 is 0. The second kappa shape index (κ2) is 7.51. The molecule has 7 nitrogen and oxygen atoms in total. The minimum absolute atomic E-state index is 0.0374. The number of nitrogens with one attached hydrogen (secondary N) is 1. The van der Waals surface area contributed by atoms with E-state index in [9.17, 15) is 9.59 Å². The Morgan fingerprint density at radius 3 is 2.23 bits per heavy atom. The Kier molecular flexibility index (Phi) is 5.16. The number of anilines is 3. The standard InChI is InChI=1S/C19H23N5O2/c1-13-12-18(24-10-8-23(9-11-24)15(3)26)22-19(20-13)21-17-6-4-16(5-7-17)14(2)25/h4-7,12H,8-11H2,1-3H3,(H,20,21,22). The van der Waals surface area contributed by atoms with E-state index in [-0.39, 0.29) is 11.7 Å². The molecule has 0 aliphatic carbocycles. The van der Waals surface area contributed by atoms with E-state index in [0.717, 1.165) is 30.3 Å². The van der Waals surface area contributed by atoms with Gasteiger partial charge in [-0.1, -0.05) is 0 Å². The van der Waals surface area contributed by atoms with Crippen LogP contribution in [0.4, 0.5) is 17.5 Å². The molecule has 1 amide bonds. The average Bonchev–Trinajstić information content (AvgIpc) is 2.61. The van der Waals surface area contributed by atoms with E-state index in [1.165, 1.54) is 0 Å². The average molecular weight is 353 g/mol. The van der Waals surface area contributed by atoms with Crippen LogP contribution < -0.4 is 10.2 Å². The lowest BCUT2D eigenvalue weighted by Gasteiger charge is -2.35. The number of amides is 1. The normalized spacial score (nSPS) is 14.3. The monoisotopic (exact) mass is 353 g/mol. The number of hydrogen-bond donors (Lipinski definition) is 1. The summed E-state index contributed by atoms with van der Waals surface area (Å²) in [5.41, 5.74) is 2.37. The van der Waals surface area contributed by atoms with Crippen molar-refractivity contribution < 1.29 is 9.59 Å². The van der Waals surface area contributed by atoms with E-state index in [2.05, 4.69) is 20.2 Å². The lowest BCUT2D eigenvalue weighted by Crippen LogP contribution is -2.48. The third-order valence-corrected chi connectivity index (χ3v) is 4.44. The molecule has 1 aromatic heterocycles. The zero-order valence-corrected chi connectivity index (χ0v) is 15.3. The second-order valence-corrected chi connectivity index (χ2v) is 6.44. The van der Waals surface area contributed by atoms with E-state index in [0.29, 0.717) is 24.6 Å². The van der Waals surface area contributed by atoms with Gasteiger partial charge in [-0.05, 0) is 38.1 Å². The highest BCUT2D eigenvalue weighted by Crippen LogP contribution is 2.20. The van der Waals surface area contributed by atoms with Crippen molar-refractivity contribution in [3.05, 3.63) is 41.6 Å². The number of aryl methyl sites for hydroxylation is 1. The van der Waals surface area contributed by atoms with Crippen molar-refractivity contribution in [3.63, 3.8) is 0 Å². The van der Waals surface area contributed by atoms with Crippen molar-refractivity contribution in [1.29, 1.82) is 0 Å². The number of nitrogens with zero attached hydrogens (tertiary/aromatic N) is 4. The van der Waals surface area contributed by atoms with Gasteiger partial charge >= 0.3 is 0 Å². The first-order valence-corrected chi connectivity index (χ1v) is 8.66. The molecule has 1 fully saturated rings. The number of carbonyl (C=O) groups excluding carboxylic acids is 2. The Balaban J connectivity index is 1.73. The first-order chi connectivity index (χ1) is 12.4. The Morgan fingerprint density at radius 1 is 1.00 bits per heavy atom. The summed E-state index contributed by atoms with van der Waals surface area (Å²) in [7, 11) is 0. The highest BCUT2D eigenvalue weighted by atomic mass is 16.2. The molecule has 0 unspecified atom stereocenters. The predicted octanol–water partition coefficient (Wildman–Crippen LogP) is 2.40. The molecule has 1 aliphatic heterocycles. The van der Waals surface area contributed by atoms with Crippen molar-refractivity contribution in [1.82, 2.24) is 14.9 Å². The number of piperazine rings is 1. The highest BCUT2D eigenvalue weighted by Gasteiger charge is 2.20. The molecular formula is C19H23N5O2. The van der Waals surface area contributed by atoms with Gasteiger partial charge in [-0.15, -0.1) is 0 Å². The van der Waals surface area contributed by atoms with Crippen LogP contribution >= 0.6 is 0 Å². The number of carbonyl (C=O) groups is 2. The van der Waals surface area contributed by atoms with Gasteiger partial charge in [-0.25, -0.2) is 4.98 Å². The van der Waals surface area contributed by atoms with Gasteiger partial charge in [0.25, 0.3) is 0 Å². The molecule has 7 heteroatoms. The van der Waals surface area contributed by atoms with Gasteiger partial charge in [0.05, 0.1) is 0 Å². The van der Waals surface area contributed by atoms with E-state index < -0.39 is 0 Å². The maximum Gasteiger partial charge on any atom is 0.229 e. The highest BCUT2D eigenvalue weighted by molar-refractivity contribution is 5.94. The first-order valence-electron chi connectivity index (χ1n) is 8.66. The smallest absolute Gasteiger partial charge is 0.229 e. The Labute approximate surface area is 153 Å². The molecule has 2 heterocycles. The third kappa shape index (κ3) is 4.17. The number of benzene rings is 1. The van der Waals surface area contributed by atoms with E-state index in [4.69, 9.17) is 0 Å². The van der Waals surface area contributed by atoms with Crippen LogP contribution in [0.1, 0.15) is 29.9 Å². The Bertz CT molecular complexity index is 811. The zero-order chi connectivity index (χ0) is 18.7. The Morgan fingerprint density at radius 2 is 1.65 bits per heavy atom. The van der Waals surface area contributed by atoms with Crippen LogP contribution in [-0.4, -0.2) is 52.7 Å². The predicted molar refractivity (Wildman–Crippen MR) is 101 cm³/mol. The van der Waals surface area contributed by atoms with Crippen LogP contribution in [-0.2, 0) is 4.79 Å². The van der Waals surface area contributed by atoms with E-state index >= 15 is 0 Å². The lowest BCUT2D eigenvalue weighted by atomic mass is 10.1. The van der Waals surface area contributed by atoms with Crippen molar-refractivity contribution in [3.8, 4) is 0 Å². The largest absolute Gasteiger partial charge is 0.353 e. The van der Waals surface area contributed by atoms with Crippen molar-refractivity contribution >= 4 is 29.1 Å². The number of rotatable bonds is 4. The fourth-order valence-electron chi connectivity index (χ4n) is 2.94. The van der Waals surface area contributed by atoms with Crippen molar-refractivity contribution in [2.24, 2.45) is 0 Å². The van der Waals surface area contributed by atoms with E-state index in [1.54, 1.807) is 26.0 Å². The van der Waals surface area contributed by atoms with Gasteiger partial charge in [0.1, 0.15) is 5.82 Å². The summed E-state index contributed by atoms with van der Waals surface area (Å²) in [6.07, 6.45) is 0. The molecule has 3 rings (SSSR count). The van der Waals surface area contributed by atoms with Gasteiger partial charge in [0, 0.05) is 56.1 Å². The topological polar surface area (TPSA) is 78.4 Å². The molecule has 1 N–H and O–H groups in total. The van der Waals surface area contributed by atoms with E-state index in [1.807, 2.05) is 30.0 Å². The summed E-state index contributed by atoms with van der Waals surface area (Å²) in [5, 5.41) is 3.19. The van der Waals surface area contributed by atoms with Crippen LogP contribution in [0.15, 0.2) is 30.3 Å². The molecule has 2 aromatic rings. The molecule has 136 valence electrons. The summed E-state index contributed by atoms with van der Waals surface area (Å²) in [6.45, 7) is 7.99. The third-order valence-electron chi connectivity index (χ3n) is 4.44. The van der Waals surface area contributed by atoms with Crippen LogP contribution in [0.2, 0.25) is 0 Å². The second-order valence-electron chi connectivity index (χ2n) is 6.44. The van der Waals surface area contributed by atoms with Crippen molar-refractivity contribution in [2.75, 3.05) is 36.4 Å². The summed E-state index contributed by atoms with van der Waals surface area (Å²) in [5.74, 6) is 1.52. The SMILES string of the molecule is CC(=O)c1ccc(Nc2nc(C)cc(N3CCN(C(C)=O)CC3)n2)cc1. The lowest BCUT2D eigenvalue weighted by molar-refractivity contribution is -0.129. The van der Waals surface area contributed by atoms with Gasteiger partial charge in [0.2, 0.25) is 11.9 Å². The molecule has 1 aromatic carbocycles. The number of Topliss-reactive ketones (excluding diaryl/α,β-unsaturated/α-hetero) is 1.